The molecule has 0 spiro atoms. The summed E-state index contributed by atoms with van der Waals surface area (Å²) >= 11 is 3.44. The van der Waals surface area contributed by atoms with Crippen molar-refractivity contribution in [3.8, 4) is 6.07 Å². The first kappa shape index (κ1) is 15.7. The molecule has 0 saturated heterocycles. The SMILES string of the molecule is CN(C)CCn1ncc(Br)c1C(O)c1ccc(C#N)cc1. The molecule has 1 N–H and O–H groups in total. The zero-order valence-electron chi connectivity index (χ0n) is 12.0. The number of hydrogen-bond donors (Lipinski definition) is 1. The molecule has 2 rings (SSSR count). The highest BCUT2D eigenvalue weighted by Crippen LogP contribution is 2.28. The molecule has 1 heterocycles. The molecule has 6 heteroatoms. The van der Waals surface area contributed by atoms with Gasteiger partial charge < -0.3 is 10.0 Å². The van der Waals surface area contributed by atoms with E-state index in [1.807, 2.05) is 14.1 Å². The van der Waals surface area contributed by atoms with Gasteiger partial charge in [0.15, 0.2) is 0 Å². The smallest absolute Gasteiger partial charge is 0.122 e. The van der Waals surface area contributed by atoms with Crippen molar-refractivity contribution < 1.29 is 5.11 Å². The Kier molecular flexibility index (Phi) is 5.12. The fraction of sp³-hybridized carbons (Fsp3) is 0.333. The molecule has 5 nitrogen and oxygen atoms in total. The highest BCUT2D eigenvalue weighted by molar-refractivity contribution is 9.10. The van der Waals surface area contributed by atoms with Crippen molar-refractivity contribution in [2.45, 2.75) is 12.6 Å². The molecule has 1 unspecified atom stereocenters. The summed E-state index contributed by atoms with van der Waals surface area (Å²) in [5, 5.41) is 23.7. The number of aliphatic hydroxyl groups excluding tert-OH is 1. The molecule has 0 amide bonds. The molecule has 0 aliphatic heterocycles. The standard InChI is InChI=1S/C15H17BrN4O/c1-19(2)7-8-20-14(13(16)10-18-20)15(21)12-5-3-11(9-17)4-6-12/h3-6,10,15,21H,7-8H2,1-2H3. The molecule has 0 aliphatic carbocycles. The van der Waals surface area contributed by atoms with Gasteiger partial charge in [0.05, 0.1) is 34.5 Å². The molecule has 21 heavy (non-hydrogen) atoms. The van der Waals surface area contributed by atoms with Crippen LogP contribution in [-0.4, -0.2) is 40.4 Å². The van der Waals surface area contributed by atoms with Gasteiger partial charge in [-0.05, 0) is 47.7 Å². The van der Waals surface area contributed by atoms with Crippen molar-refractivity contribution in [2.75, 3.05) is 20.6 Å². The summed E-state index contributed by atoms with van der Waals surface area (Å²) in [6, 6.07) is 9.00. The van der Waals surface area contributed by atoms with Crippen LogP contribution in [0, 0.1) is 11.3 Å². The third kappa shape index (κ3) is 3.70. The van der Waals surface area contributed by atoms with E-state index in [1.54, 1.807) is 35.1 Å². The number of nitriles is 1. The predicted molar refractivity (Wildman–Crippen MR) is 83.7 cm³/mol. The average Bonchev–Trinajstić information content (AvgIpc) is 2.85. The van der Waals surface area contributed by atoms with Crippen molar-refractivity contribution >= 4 is 15.9 Å². The average molecular weight is 349 g/mol. The third-order valence-electron chi connectivity index (χ3n) is 3.21. The van der Waals surface area contributed by atoms with Crippen LogP contribution >= 0.6 is 15.9 Å². The maximum atomic E-state index is 10.6. The largest absolute Gasteiger partial charge is 0.382 e. The molecule has 0 bridgehead atoms. The third-order valence-corrected chi connectivity index (χ3v) is 3.82. The van der Waals surface area contributed by atoms with E-state index in [9.17, 15) is 5.11 Å². The maximum Gasteiger partial charge on any atom is 0.122 e. The van der Waals surface area contributed by atoms with Crippen LogP contribution in [0.3, 0.4) is 0 Å². The molecule has 0 radical (unpaired) electrons. The number of rotatable bonds is 5. The Balaban J connectivity index is 2.27. The minimum Gasteiger partial charge on any atom is -0.382 e. The van der Waals surface area contributed by atoms with Crippen LogP contribution in [0.2, 0.25) is 0 Å². The fourth-order valence-electron chi connectivity index (χ4n) is 2.01. The van der Waals surface area contributed by atoms with Crippen molar-refractivity contribution in [2.24, 2.45) is 0 Å². The summed E-state index contributed by atoms with van der Waals surface area (Å²) in [6.07, 6.45) is 0.912. The molecular formula is C15H17BrN4O. The molecule has 0 aliphatic rings. The second kappa shape index (κ2) is 6.85. The first-order chi connectivity index (χ1) is 10.0. The maximum absolute atomic E-state index is 10.6. The van der Waals surface area contributed by atoms with Gasteiger partial charge in [0.2, 0.25) is 0 Å². The van der Waals surface area contributed by atoms with Gasteiger partial charge in [0, 0.05) is 6.54 Å². The molecular weight excluding hydrogens is 332 g/mol. The minimum absolute atomic E-state index is 0.575. The number of nitrogens with zero attached hydrogens (tertiary/aromatic N) is 4. The van der Waals surface area contributed by atoms with Crippen LogP contribution in [0.15, 0.2) is 34.9 Å². The van der Waals surface area contributed by atoms with Gasteiger partial charge in [-0.3, -0.25) is 4.68 Å². The number of hydrogen-bond acceptors (Lipinski definition) is 4. The molecule has 110 valence electrons. The number of likely N-dealkylation sites (N-methyl/N-ethyl adjacent to an activating group) is 1. The Morgan fingerprint density at radius 3 is 2.62 bits per heavy atom. The first-order valence-electron chi connectivity index (χ1n) is 6.57. The Hall–Kier alpha value is -1.68. The lowest BCUT2D eigenvalue weighted by atomic mass is 10.0. The normalized spacial score (nSPS) is 12.4. The summed E-state index contributed by atoms with van der Waals surface area (Å²) in [5.74, 6) is 0. The quantitative estimate of drug-likeness (QED) is 0.899. The van der Waals surface area contributed by atoms with Gasteiger partial charge in [-0.2, -0.15) is 10.4 Å². The van der Waals surface area contributed by atoms with Crippen LogP contribution in [-0.2, 0) is 6.54 Å². The monoisotopic (exact) mass is 348 g/mol. The fourth-order valence-corrected chi connectivity index (χ4v) is 2.53. The molecule has 0 fully saturated rings. The van der Waals surface area contributed by atoms with E-state index in [4.69, 9.17) is 5.26 Å². The van der Waals surface area contributed by atoms with Gasteiger partial charge in [-0.1, -0.05) is 12.1 Å². The van der Waals surface area contributed by atoms with E-state index in [2.05, 4.69) is 32.0 Å². The number of aromatic nitrogens is 2. The highest BCUT2D eigenvalue weighted by atomic mass is 79.9. The highest BCUT2D eigenvalue weighted by Gasteiger charge is 2.19. The summed E-state index contributed by atoms with van der Waals surface area (Å²) in [4.78, 5) is 2.06. The Morgan fingerprint density at radius 2 is 2.05 bits per heavy atom. The van der Waals surface area contributed by atoms with E-state index in [1.165, 1.54) is 0 Å². The van der Waals surface area contributed by atoms with Crippen LogP contribution in [0.1, 0.15) is 22.9 Å². The van der Waals surface area contributed by atoms with Crippen molar-refractivity contribution in [3.63, 3.8) is 0 Å². The second-order valence-corrected chi connectivity index (χ2v) is 5.89. The Bertz CT molecular complexity index is 643. The number of halogens is 1. The van der Waals surface area contributed by atoms with E-state index in [0.717, 1.165) is 22.3 Å². The van der Waals surface area contributed by atoms with Gasteiger partial charge in [-0.25, -0.2) is 0 Å². The Labute approximate surface area is 132 Å². The van der Waals surface area contributed by atoms with E-state index < -0.39 is 6.10 Å². The molecule has 1 atom stereocenters. The lowest BCUT2D eigenvalue weighted by molar-refractivity contribution is 0.205. The minimum atomic E-state index is -0.781. The topological polar surface area (TPSA) is 65.1 Å². The van der Waals surface area contributed by atoms with Crippen molar-refractivity contribution in [1.82, 2.24) is 14.7 Å². The van der Waals surface area contributed by atoms with Gasteiger partial charge in [0.1, 0.15) is 6.10 Å². The van der Waals surface area contributed by atoms with E-state index in [0.29, 0.717) is 12.1 Å². The van der Waals surface area contributed by atoms with Gasteiger partial charge in [-0.15, -0.1) is 0 Å². The van der Waals surface area contributed by atoms with Crippen LogP contribution in [0.5, 0.6) is 0 Å². The van der Waals surface area contributed by atoms with Gasteiger partial charge in [0.25, 0.3) is 0 Å². The number of aliphatic hydroxyl groups is 1. The summed E-state index contributed by atoms with van der Waals surface area (Å²) in [6.45, 7) is 1.53. The van der Waals surface area contributed by atoms with Crippen LogP contribution < -0.4 is 0 Å². The predicted octanol–water partition coefficient (Wildman–Crippen LogP) is 2.16. The summed E-state index contributed by atoms with van der Waals surface area (Å²) < 4.78 is 2.57. The lowest BCUT2D eigenvalue weighted by Gasteiger charge is -2.16. The van der Waals surface area contributed by atoms with Crippen LogP contribution in [0.4, 0.5) is 0 Å². The first-order valence-corrected chi connectivity index (χ1v) is 7.36. The second-order valence-electron chi connectivity index (χ2n) is 5.04. The molecule has 1 aromatic heterocycles. The van der Waals surface area contributed by atoms with Crippen molar-refractivity contribution in [1.29, 1.82) is 5.26 Å². The van der Waals surface area contributed by atoms with E-state index >= 15 is 0 Å². The van der Waals surface area contributed by atoms with Crippen LogP contribution in [0.25, 0.3) is 0 Å². The summed E-state index contributed by atoms with van der Waals surface area (Å²) in [5.41, 5.74) is 2.04. The lowest BCUT2D eigenvalue weighted by Crippen LogP contribution is -2.21. The number of benzene rings is 1. The van der Waals surface area contributed by atoms with Crippen molar-refractivity contribution in [3.05, 3.63) is 51.8 Å². The van der Waals surface area contributed by atoms with Gasteiger partial charge >= 0.3 is 0 Å². The Morgan fingerprint density at radius 1 is 1.38 bits per heavy atom. The zero-order valence-corrected chi connectivity index (χ0v) is 13.6. The molecule has 0 saturated carbocycles. The van der Waals surface area contributed by atoms with E-state index in [-0.39, 0.29) is 0 Å². The zero-order chi connectivity index (χ0) is 15.4. The summed E-state index contributed by atoms with van der Waals surface area (Å²) in [7, 11) is 3.99. The molecule has 1 aromatic carbocycles. The molecule has 2 aromatic rings.